The van der Waals surface area contributed by atoms with Gasteiger partial charge in [-0.15, -0.1) is 0 Å². The lowest BCUT2D eigenvalue weighted by Gasteiger charge is -2.05. The minimum atomic E-state index is -0.398. The molecule has 8 heteroatoms. The third kappa shape index (κ3) is 6.24. The molecule has 0 radical (unpaired) electrons. The van der Waals surface area contributed by atoms with Crippen LogP contribution in [0.15, 0.2) is 47.6 Å². The standard InChI is InChI=1S/C21H23N3O5/c1-27-17-8-5-15(6-9-17)3-2-4-20(25)22-13-21(26)24-23-12-16-7-10-18-19(11-16)29-14-28-18/h5-12H,2-4,13-14H2,1H3,(H,22,25)(H,24,26)/b23-12+. The first kappa shape index (κ1) is 20.2. The second-order valence-corrected chi connectivity index (χ2v) is 6.38. The molecule has 0 aromatic heterocycles. The number of hydrazone groups is 1. The summed E-state index contributed by atoms with van der Waals surface area (Å²) in [5.74, 6) is 1.56. The number of nitrogens with one attached hydrogen (secondary N) is 2. The molecule has 1 aliphatic heterocycles. The second kappa shape index (κ2) is 10.1. The molecule has 0 aliphatic carbocycles. The molecule has 1 aliphatic rings. The summed E-state index contributed by atoms with van der Waals surface area (Å²) in [7, 11) is 1.62. The molecule has 8 nitrogen and oxygen atoms in total. The summed E-state index contributed by atoms with van der Waals surface area (Å²) in [5, 5.41) is 6.47. The Kier molecular flexibility index (Phi) is 7.05. The average Bonchev–Trinajstić information content (AvgIpc) is 3.21. The molecule has 152 valence electrons. The van der Waals surface area contributed by atoms with E-state index in [0.29, 0.717) is 24.3 Å². The highest BCUT2D eigenvalue weighted by Crippen LogP contribution is 2.31. The highest BCUT2D eigenvalue weighted by Gasteiger charge is 2.12. The molecule has 0 atom stereocenters. The number of carbonyl (C=O) groups is 2. The van der Waals surface area contributed by atoms with Gasteiger partial charge in [0.05, 0.1) is 19.9 Å². The zero-order valence-electron chi connectivity index (χ0n) is 16.1. The maximum atomic E-state index is 11.9. The van der Waals surface area contributed by atoms with E-state index in [1.165, 1.54) is 6.21 Å². The summed E-state index contributed by atoms with van der Waals surface area (Å²) in [4.78, 5) is 23.7. The Balaban J connectivity index is 1.31. The van der Waals surface area contributed by atoms with Gasteiger partial charge in [0.25, 0.3) is 5.91 Å². The zero-order chi connectivity index (χ0) is 20.5. The molecule has 0 spiro atoms. The van der Waals surface area contributed by atoms with Gasteiger partial charge in [-0.25, -0.2) is 5.43 Å². The van der Waals surface area contributed by atoms with Crippen molar-refractivity contribution in [2.45, 2.75) is 19.3 Å². The van der Waals surface area contributed by atoms with Gasteiger partial charge in [-0.05, 0) is 54.3 Å². The van der Waals surface area contributed by atoms with Crippen molar-refractivity contribution < 1.29 is 23.8 Å². The molecule has 0 saturated heterocycles. The van der Waals surface area contributed by atoms with Crippen LogP contribution in [0.3, 0.4) is 0 Å². The molecule has 2 amide bonds. The lowest BCUT2D eigenvalue weighted by atomic mass is 10.1. The molecular weight excluding hydrogens is 374 g/mol. The number of aryl methyl sites for hydroxylation is 1. The first-order valence-electron chi connectivity index (χ1n) is 9.25. The van der Waals surface area contributed by atoms with Crippen molar-refractivity contribution in [3.8, 4) is 17.2 Å². The molecule has 1 heterocycles. The Morgan fingerprint density at radius 3 is 2.69 bits per heavy atom. The maximum Gasteiger partial charge on any atom is 0.259 e. The van der Waals surface area contributed by atoms with Crippen molar-refractivity contribution in [1.82, 2.24) is 10.7 Å². The van der Waals surface area contributed by atoms with Gasteiger partial charge in [-0.1, -0.05) is 12.1 Å². The molecule has 29 heavy (non-hydrogen) atoms. The van der Waals surface area contributed by atoms with Gasteiger partial charge in [-0.3, -0.25) is 9.59 Å². The van der Waals surface area contributed by atoms with E-state index in [1.54, 1.807) is 25.3 Å². The van der Waals surface area contributed by atoms with Gasteiger partial charge in [0.2, 0.25) is 12.7 Å². The Bertz CT molecular complexity index is 880. The number of carbonyl (C=O) groups excluding carboxylic acids is 2. The minimum absolute atomic E-state index is 0.125. The second-order valence-electron chi connectivity index (χ2n) is 6.38. The first-order chi connectivity index (χ1) is 14.1. The molecule has 0 unspecified atom stereocenters. The molecule has 2 aromatic carbocycles. The highest BCUT2D eigenvalue weighted by molar-refractivity contribution is 5.86. The summed E-state index contributed by atoms with van der Waals surface area (Å²) in [6.07, 6.45) is 3.32. The number of nitrogens with zero attached hydrogens (tertiary/aromatic N) is 1. The Morgan fingerprint density at radius 1 is 1.10 bits per heavy atom. The number of amides is 2. The number of methoxy groups -OCH3 is 1. The first-order valence-corrected chi connectivity index (χ1v) is 9.25. The quantitative estimate of drug-likeness (QED) is 0.498. The van der Waals surface area contributed by atoms with E-state index in [0.717, 1.165) is 23.3 Å². The topological polar surface area (TPSA) is 98.2 Å². The van der Waals surface area contributed by atoms with Gasteiger partial charge >= 0.3 is 0 Å². The van der Waals surface area contributed by atoms with Crippen LogP contribution in [0.4, 0.5) is 0 Å². The summed E-state index contributed by atoms with van der Waals surface area (Å²) in [6.45, 7) is 0.0757. The van der Waals surface area contributed by atoms with Crippen LogP contribution in [0.2, 0.25) is 0 Å². The van der Waals surface area contributed by atoms with Crippen LogP contribution >= 0.6 is 0 Å². The normalized spacial score (nSPS) is 12.0. The highest BCUT2D eigenvalue weighted by atomic mass is 16.7. The molecule has 0 bridgehead atoms. The fraction of sp³-hybridized carbons (Fsp3) is 0.286. The van der Waals surface area contributed by atoms with E-state index in [1.807, 2.05) is 24.3 Å². The number of benzene rings is 2. The van der Waals surface area contributed by atoms with Crippen molar-refractivity contribution >= 4 is 18.0 Å². The lowest BCUT2D eigenvalue weighted by molar-refractivity contribution is -0.126. The Labute approximate surface area is 168 Å². The van der Waals surface area contributed by atoms with E-state index >= 15 is 0 Å². The summed E-state index contributed by atoms with van der Waals surface area (Å²) >= 11 is 0. The van der Waals surface area contributed by atoms with Crippen LogP contribution in [0.1, 0.15) is 24.0 Å². The third-order valence-corrected chi connectivity index (χ3v) is 4.27. The largest absolute Gasteiger partial charge is 0.497 e. The van der Waals surface area contributed by atoms with E-state index in [-0.39, 0.29) is 19.2 Å². The number of ether oxygens (including phenoxy) is 3. The SMILES string of the molecule is COc1ccc(CCCC(=O)NCC(=O)N/N=C/c2ccc3c(c2)OCO3)cc1. The van der Waals surface area contributed by atoms with Crippen LogP contribution < -0.4 is 25.0 Å². The van der Waals surface area contributed by atoms with Crippen LogP contribution in [0, 0.1) is 0 Å². The smallest absolute Gasteiger partial charge is 0.259 e. The van der Waals surface area contributed by atoms with Gasteiger partial charge in [0, 0.05) is 6.42 Å². The fourth-order valence-electron chi connectivity index (χ4n) is 2.72. The van der Waals surface area contributed by atoms with Crippen LogP contribution in [0.5, 0.6) is 17.2 Å². The van der Waals surface area contributed by atoms with Crippen LogP contribution in [-0.4, -0.2) is 38.5 Å². The van der Waals surface area contributed by atoms with Crippen molar-refractivity contribution in [3.05, 3.63) is 53.6 Å². The van der Waals surface area contributed by atoms with E-state index in [2.05, 4.69) is 15.8 Å². The third-order valence-electron chi connectivity index (χ3n) is 4.27. The maximum absolute atomic E-state index is 11.9. The number of hydrogen-bond donors (Lipinski definition) is 2. The van der Waals surface area contributed by atoms with Crippen LogP contribution in [-0.2, 0) is 16.0 Å². The molecule has 3 rings (SSSR count). The number of fused-ring (bicyclic) bond motifs is 1. The van der Waals surface area contributed by atoms with E-state index in [4.69, 9.17) is 14.2 Å². The monoisotopic (exact) mass is 397 g/mol. The molecule has 0 saturated carbocycles. The molecule has 2 N–H and O–H groups in total. The minimum Gasteiger partial charge on any atom is -0.497 e. The summed E-state index contributed by atoms with van der Waals surface area (Å²) in [5.41, 5.74) is 4.27. The lowest BCUT2D eigenvalue weighted by Crippen LogP contribution is -2.34. The van der Waals surface area contributed by atoms with Crippen molar-refractivity contribution in [2.24, 2.45) is 5.10 Å². The average molecular weight is 397 g/mol. The number of rotatable bonds is 9. The van der Waals surface area contributed by atoms with Crippen LogP contribution in [0.25, 0.3) is 0 Å². The summed E-state index contributed by atoms with van der Waals surface area (Å²) < 4.78 is 15.6. The number of hydrogen-bond acceptors (Lipinski definition) is 6. The zero-order valence-corrected chi connectivity index (χ0v) is 16.1. The van der Waals surface area contributed by atoms with Crippen molar-refractivity contribution in [2.75, 3.05) is 20.4 Å². The Morgan fingerprint density at radius 2 is 1.90 bits per heavy atom. The van der Waals surface area contributed by atoms with Crippen molar-refractivity contribution in [1.29, 1.82) is 0 Å². The predicted molar refractivity (Wildman–Crippen MR) is 107 cm³/mol. The molecular formula is C21H23N3O5. The molecule has 2 aromatic rings. The summed E-state index contributed by atoms with van der Waals surface area (Å²) in [6, 6.07) is 13.1. The predicted octanol–water partition coefficient (Wildman–Crippen LogP) is 2.01. The van der Waals surface area contributed by atoms with Gasteiger partial charge in [0.15, 0.2) is 11.5 Å². The van der Waals surface area contributed by atoms with E-state index in [9.17, 15) is 9.59 Å². The fourth-order valence-corrected chi connectivity index (χ4v) is 2.72. The van der Waals surface area contributed by atoms with Crippen molar-refractivity contribution in [3.63, 3.8) is 0 Å². The Hall–Kier alpha value is -3.55. The molecule has 0 fully saturated rings. The van der Waals surface area contributed by atoms with E-state index < -0.39 is 5.91 Å². The van der Waals surface area contributed by atoms with Gasteiger partial charge < -0.3 is 19.5 Å². The van der Waals surface area contributed by atoms with Gasteiger partial charge in [0.1, 0.15) is 5.75 Å². The van der Waals surface area contributed by atoms with Gasteiger partial charge in [-0.2, -0.15) is 5.10 Å².